The van der Waals surface area contributed by atoms with E-state index in [4.69, 9.17) is 5.73 Å². The highest BCUT2D eigenvalue weighted by atomic mass is 14.8. The van der Waals surface area contributed by atoms with E-state index >= 15 is 0 Å². The lowest BCUT2D eigenvalue weighted by Gasteiger charge is -2.27. The first-order chi connectivity index (χ1) is 7.82. The van der Waals surface area contributed by atoms with Gasteiger partial charge in [0.15, 0.2) is 0 Å². The van der Waals surface area contributed by atoms with Crippen LogP contribution in [0.3, 0.4) is 0 Å². The maximum absolute atomic E-state index is 6.58. The van der Waals surface area contributed by atoms with Gasteiger partial charge in [-0.3, -0.25) is 0 Å². The molecule has 1 saturated carbocycles. The summed E-state index contributed by atoms with van der Waals surface area (Å²) in [6.45, 7) is 9.10. The average molecular weight is 231 g/mol. The van der Waals surface area contributed by atoms with Crippen LogP contribution < -0.4 is 5.73 Å². The maximum atomic E-state index is 6.58. The van der Waals surface area contributed by atoms with Gasteiger partial charge in [0.05, 0.1) is 0 Å². The summed E-state index contributed by atoms with van der Waals surface area (Å²) >= 11 is 0. The number of hydrogen-bond donors (Lipinski definition) is 1. The second-order valence-corrected chi connectivity index (χ2v) is 6.77. The minimum absolute atomic E-state index is 0.0982. The minimum atomic E-state index is -0.0982. The Hall–Kier alpha value is -0.820. The van der Waals surface area contributed by atoms with Gasteiger partial charge in [-0.2, -0.15) is 0 Å². The van der Waals surface area contributed by atoms with Gasteiger partial charge in [-0.15, -0.1) is 0 Å². The third-order valence-corrected chi connectivity index (χ3v) is 4.19. The molecule has 1 aliphatic carbocycles. The lowest BCUT2D eigenvalue weighted by molar-refractivity contribution is 0.339. The van der Waals surface area contributed by atoms with Gasteiger partial charge in [0, 0.05) is 5.54 Å². The van der Waals surface area contributed by atoms with Crippen LogP contribution in [-0.2, 0) is 5.54 Å². The molecule has 0 spiro atoms. The predicted molar refractivity (Wildman–Crippen MR) is 74.0 cm³/mol. The topological polar surface area (TPSA) is 26.0 Å². The van der Waals surface area contributed by atoms with E-state index in [1.165, 1.54) is 17.5 Å². The van der Waals surface area contributed by atoms with Crippen LogP contribution >= 0.6 is 0 Å². The molecule has 1 unspecified atom stereocenters. The van der Waals surface area contributed by atoms with Crippen molar-refractivity contribution in [1.29, 1.82) is 0 Å². The molecule has 1 nitrogen and oxygen atoms in total. The Morgan fingerprint density at radius 2 is 1.65 bits per heavy atom. The van der Waals surface area contributed by atoms with E-state index in [0.717, 1.165) is 12.8 Å². The fourth-order valence-corrected chi connectivity index (χ4v) is 3.04. The zero-order valence-corrected chi connectivity index (χ0v) is 11.6. The lowest BCUT2D eigenvalue weighted by atomic mass is 9.83. The number of hydrogen-bond acceptors (Lipinski definition) is 1. The summed E-state index contributed by atoms with van der Waals surface area (Å²) < 4.78 is 0. The van der Waals surface area contributed by atoms with Crippen LogP contribution in [0, 0.1) is 5.41 Å². The summed E-state index contributed by atoms with van der Waals surface area (Å²) in [4.78, 5) is 0. The lowest BCUT2D eigenvalue weighted by Crippen LogP contribution is -2.34. The number of rotatable bonds is 2. The largest absolute Gasteiger partial charge is 0.321 e. The van der Waals surface area contributed by atoms with Crippen molar-refractivity contribution in [3.8, 4) is 0 Å². The number of nitrogens with two attached hydrogens (primary N) is 1. The first kappa shape index (κ1) is 12.6. The minimum Gasteiger partial charge on any atom is -0.321 e. The summed E-state index contributed by atoms with van der Waals surface area (Å²) in [6, 6.07) is 8.94. The second kappa shape index (κ2) is 4.13. The summed E-state index contributed by atoms with van der Waals surface area (Å²) in [5, 5.41) is 0. The summed E-state index contributed by atoms with van der Waals surface area (Å²) in [6.07, 6.45) is 3.44. The zero-order valence-electron chi connectivity index (χ0n) is 11.6. The molecule has 0 aliphatic heterocycles. The molecule has 1 aromatic carbocycles. The fourth-order valence-electron chi connectivity index (χ4n) is 3.04. The van der Waals surface area contributed by atoms with Crippen LogP contribution in [0.1, 0.15) is 64.0 Å². The van der Waals surface area contributed by atoms with Crippen molar-refractivity contribution in [1.82, 2.24) is 0 Å². The van der Waals surface area contributed by atoms with Gasteiger partial charge >= 0.3 is 0 Å². The Kier molecular flexibility index (Phi) is 3.07. The van der Waals surface area contributed by atoms with Gasteiger partial charge in [-0.05, 0) is 41.7 Å². The fraction of sp³-hybridized carbons (Fsp3) is 0.625. The van der Waals surface area contributed by atoms with Crippen molar-refractivity contribution < 1.29 is 0 Å². The highest BCUT2D eigenvalue weighted by molar-refractivity contribution is 5.31. The molecular formula is C16H25N. The SMILES string of the molecule is CC(C)c1ccc(C2(N)CCC(C)(C)C2)cc1. The molecule has 0 aromatic heterocycles. The molecule has 1 fully saturated rings. The first-order valence-electron chi connectivity index (χ1n) is 6.72. The third-order valence-electron chi connectivity index (χ3n) is 4.19. The Morgan fingerprint density at radius 1 is 1.06 bits per heavy atom. The molecule has 2 N–H and O–H groups in total. The molecule has 0 heterocycles. The average Bonchev–Trinajstić information content (AvgIpc) is 2.54. The molecule has 94 valence electrons. The Labute approximate surface area is 105 Å². The molecule has 1 aromatic rings. The van der Waals surface area contributed by atoms with Gasteiger partial charge < -0.3 is 5.73 Å². The predicted octanol–water partition coefficient (Wildman–Crippen LogP) is 4.17. The Balaban J connectivity index is 2.23. The monoisotopic (exact) mass is 231 g/mol. The van der Waals surface area contributed by atoms with Gasteiger partial charge in [0.2, 0.25) is 0 Å². The standard InChI is InChI=1S/C16H25N/c1-12(2)13-5-7-14(8-6-13)16(17)10-9-15(3,4)11-16/h5-8,12H,9-11,17H2,1-4H3. The van der Waals surface area contributed by atoms with Crippen LogP contribution in [0.25, 0.3) is 0 Å². The highest BCUT2D eigenvalue weighted by Gasteiger charge is 2.41. The Morgan fingerprint density at radius 3 is 2.06 bits per heavy atom. The molecule has 1 atom stereocenters. The zero-order chi connectivity index (χ0) is 12.7. The quantitative estimate of drug-likeness (QED) is 0.812. The van der Waals surface area contributed by atoms with Crippen molar-refractivity contribution in [3.63, 3.8) is 0 Å². The normalized spacial score (nSPS) is 27.6. The van der Waals surface area contributed by atoms with Gasteiger partial charge in [0.1, 0.15) is 0 Å². The molecule has 2 rings (SSSR count). The van der Waals surface area contributed by atoms with Crippen LogP contribution in [0.15, 0.2) is 24.3 Å². The van der Waals surface area contributed by atoms with E-state index in [9.17, 15) is 0 Å². The molecule has 0 saturated heterocycles. The Bertz CT molecular complexity index is 388. The molecule has 0 radical (unpaired) electrons. The molecule has 0 bridgehead atoms. The summed E-state index contributed by atoms with van der Waals surface area (Å²) in [5.41, 5.74) is 9.59. The van der Waals surface area contributed by atoms with Crippen molar-refractivity contribution in [2.75, 3.05) is 0 Å². The summed E-state index contributed by atoms with van der Waals surface area (Å²) in [7, 11) is 0. The van der Waals surface area contributed by atoms with Crippen molar-refractivity contribution >= 4 is 0 Å². The van der Waals surface area contributed by atoms with Crippen molar-refractivity contribution in [3.05, 3.63) is 35.4 Å². The number of benzene rings is 1. The van der Waals surface area contributed by atoms with Gasteiger partial charge in [0.25, 0.3) is 0 Å². The molecular weight excluding hydrogens is 206 g/mol. The first-order valence-corrected chi connectivity index (χ1v) is 6.72. The highest BCUT2D eigenvalue weighted by Crippen LogP contribution is 2.47. The molecule has 0 amide bonds. The second-order valence-electron chi connectivity index (χ2n) is 6.77. The van der Waals surface area contributed by atoms with Gasteiger partial charge in [-0.1, -0.05) is 52.0 Å². The van der Waals surface area contributed by atoms with Crippen molar-refractivity contribution in [2.45, 2.75) is 58.4 Å². The van der Waals surface area contributed by atoms with Crippen molar-refractivity contribution in [2.24, 2.45) is 11.1 Å². The van der Waals surface area contributed by atoms with Crippen LogP contribution in [0.2, 0.25) is 0 Å². The summed E-state index contributed by atoms with van der Waals surface area (Å²) in [5.74, 6) is 0.595. The van der Waals surface area contributed by atoms with Crippen LogP contribution in [-0.4, -0.2) is 0 Å². The van der Waals surface area contributed by atoms with Crippen LogP contribution in [0.4, 0.5) is 0 Å². The van der Waals surface area contributed by atoms with Crippen LogP contribution in [0.5, 0.6) is 0 Å². The van der Waals surface area contributed by atoms with E-state index in [-0.39, 0.29) is 5.54 Å². The smallest absolute Gasteiger partial charge is 0.0414 e. The molecule has 17 heavy (non-hydrogen) atoms. The van der Waals surface area contributed by atoms with E-state index in [0.29, 0.717) is 11.3 Å². The third kappa shape index (κ3) is 2.55. The van der Waals surface area contributed by atoms with E-state index in [2.05, 4.69) is 52.0 Å². The van der Waals surface area contributed by atoms with Gasteiger partial charge in [-0.25, -0.2) is 0 Å². The maximum Gasteiger partial charge on any atom is 0.0414 e. The van der Waals surface area contributed by atoms with E-state index in [1.807, 2.05) is 0 Å². The molecule has 1 aliphatic rings. The van der Waals surface area contributed by atoms with E-state index < -0.39 is 0 Å². The van der Waals surface area contributed by atoms with E-state index in [1.54, 1.807) is 0 Å². The molecule has 1 heteroatoms.